The Labute approximate surface area is 170 Å². The smallest absolute Gasteiger partial charge is 0.251 e. The van der Waals surface area contributed by atoms with Gasteiger partial charge in [-0.2, -0.15) is 0 Å². The highest BCUT2D eigenvalue weighted by atomic mass is 16.5. The van der Waals surface area contributed by atoms with Gasteiger partial charge in [0.05, 0.1) is 11.8 Å². The van der Waals surface area contributed by atoms with Gasteiger partial charge in [-0.1, -0.05) is 42.5 Å². The lowest BCUT2D eigenvalue weighted by molar-refractivity contribution is 0.0858. The molecule has 29 heavy (non-hydrogen) atoms. The van der Waals surface area contributed by atoms with Crippen LogP contribution in [0, 0.1) is 0 Å². The standard InChI is InChI=1S/C23H24N4O2/c28-23(25-16-20-7-4-14-29-20)19-10-8-18(9-11-19)21-12-13-22(27-26-21)24-15-17-5-2-1-3-6-17/h1-3,5-6,8-13,20H,4,7,14-16H2,(H,24,27)(H,25,28)/t20-/m0/s1. The van der Waals surface area contributed by atoms with Crippen LogP contribution in [0.15, 0.2) is 66.7 Å². The van der Waals surface area contributed by atoms with Crippen LogP contribution in [0.1, 0.15) is 28.8 Å². The first-order valence-corrected chi connectivity index (χ1v) is 9.90. The highest BCUT2D eigenvalue weighted by Crippen LogP contribution is 2.18. The van der Waals surface area contributed by atoms with Crippen molar-refractivity contribution >= 4 is 11.7 Å². The van der Waals surface area contributed by atoms with Crippen molar-refractivity contribution in [3.05, 3.63) is 77.9 Å². The Morgan fingerprint density at radius 3 is 2.52 bits per heavy atom. The quantitative estimate of drug-likeness (QED) is 0.646. The first-order chi connectivity index (χ1) is 14.3. The average Bonchev–Trinajstić information content (AvgIpc) is 3.31. The third-order valence-electron chi connectivity index (χ3n) is 4.94. The molecule has 0 bridgehead atoms. The van der Waals surface area contributed by atoms with E-state index < -0.39 is 0 Å². The second kappa shape index (κ2) is 9.30. The predicted octanol–water partition coefficient (Wildman–Crippen LogP) is 3.66. The number of nitrogens with zero attached hydrogens (tertiary/aromatic N) is 2. The van der Waals surface area contributed by atoms with Crippen LogP contribution < -0.4 is 10.6 Å². The normalized spacial score (nSPS) is 15.8. The molecular formula is C23H24N4O2. The number of amides is 1. The molecule has 0 spiro atoms. The van der Waals surface area contributed by atoms with Crippen molar-refractivity contribution in [1.82, 2.24) is 15.5 Å². The minimum absolute atomic E-state index is 0.0846. The Bertz CT molecular complexity index is 921. The fraction of sp³-hybridized carbons (Fsp3) is 0.261. The van der Waals surface area contributed by atoms with Crippen molar-refractivity contribution in [2.75, 3.05) is 18.5 Å². The lowest BCUT2D eigenvalue weighted by atomic mass is 10.1. The molecule has 1 aliphatic rings. The van der Waals surface area contributed by atoms with Crippen molar-refractivity contribution in [2.45, 2.75) is 25.5 Å². The first kappa shape index (κ1) is 19.1. The van der Waals surface area contributed by atoms with E-state index in [2.05, 4.69) is 33.0 Å². The maximum atomic E-state index is 12.3. The fourth-order valence-electron chi connectivity index (χ4n) is 3.28. The number of benzene rings is 2. The van der Waals surface area contributed by atoms with Crippen molar-refractivity contribution < 1.29 is 9.53 Å². The fourth-order valence-corrected chi connectivity index (χ4v) is 3.28. The summed E-state index contributed by atoms with van der Waals surface area (Å²) in [5.74, 6) is 0.640. The number of hydrogen-bond donors (Lipinski definition) is 2. The summed E-state index contributed by atoms with van der Waals surface area (Å²) >= 11 is 0. The Balaban J connectivity index is 1.32. The second-order valence-electron chi connectivity index (χ2n) is 7.07. The van der Waals surface area contributed by atoms with E-state index in [4.69, 9.17) is 4.74 Å². The molecule has 4 rings (SSSR count). The first-order valence-electron chi connectivity index (χ1n) is 9.90. The van der Waals surface area contributed by atoms with Crippen LogP contribution in [0.4, 0.5) is 5.82 Å². The van der Waals surface area contributed by atoms with Crippen LogP contribution in [-0.2, 0) is 11.3 Å². The molecule has 2 heterocycles. The van der Waals surface area contributed by atoms with Crippen molar-refractivity contribution in [3.8, 4) is 11.3 Å². The number of ether oxygens (including phenoxy) is 1. The minimum atomic E-state index is -0.0846. The van der Waals surface area contributed by atoms with Crippen LogP contribution in [0.5, 0.6) is 0 Å². The van der Waals surface area contributed by atoms with E-state index in [0.717, 1.165) is 36.5 Å². The molecule has 148 valence electrons. The number of aromatic nitrogens is 2. The van der Waals surface area contributed by atoms with E-state index in [1.807, 2.05) is 54.6 Å². The van der Waals surface area contributed by atoms with E-state index in [1.54, 1.807) is 0 Å². The number of nitrogens with one attached hydrogen (secondary N) is 2. The third kappa shape index (κ3) is 5.18. The molecule has 0 aliphatic carbocycles. The van der Waals surface area contributed by atoms with Gasteiger partial charge in [0, 0.05) is 30.8 Å². The summed E-state index contributed by atoms with van der Waals surface area (Å²) in [5.41, 5.74) is 3.50. The van der Waals surface area contributed by atoms with Gasteiger partial charge >= 0.3 is 0 Å². The Morgan fingerprint density at radius 1 is 1.00 bits per heavy atom. The lowest BCUT2D eigenvalue weighted by Gasteiger charge is -2.11. The summed E-state index contributed by atoms with van der Waals surface area (Å²) in [5, 5.41) is 14.7. The summed E-state index contributed by atoms with van der Waals surface area (Å²) in [4.78, 5) is 12.3. The van der Waals surface area contributed by atoms with Crippen LogP contribution in [0.3, 0.4) is 0 Å². The Kier molecular flexibility index (Phi) is 6.12. The zero-order valence-corrected chi connectivity index (χ0v) is 16.2. The van der Waals surface area contributed by atoms with Gasteiger partial charge < -0.3 is 15.4 Å². The van der Waals surface area contributed by atoms with Gasteiger partial charge in [0.1, 0.15) is 5.82 Å². The highest BCUT2D eigenvalue weighted by Gasteiger charge is 2.16. The number of carbonyl (C=O) groups excluding carboxylic acids is 1. The highest BCUT2D eigenvalue weighted by molar-refractivity contribution is 5.94. The molecule has 1 atom stereocenters. The van der Waals surface area contributed by atoms with Crippen LogP contribution in [0.25, 0.3) is 11.3 Å². The molecule has 6 nitrogen and oxygen atoms in total. The topological polar surface area (TPSA) is 76.1 Å². The number of rotatable bonds is 7. The summed E-state index contributed by atoms with van der Waals surface area (Å²) in [6.45, 7) is 2.05. The molecule has 0 saturated carbocycles. The van der Waals surface area contributed by atoms with Crippen molar-refractivity contribution in [1.29, 1.82) is 0 Å². The summed E-state index contributed by atoms with van der Waals surface area (Å²) < 4.78 is 5.53. The Hall–Kier alpha value is -3.25. The third-order valence-corrected chi connectivity index (χ3v) is 4.94. The summed E-state index contributed by atoms with van der Waals surface area (Å²) in [6, 6.07) is 21.4. The lowest BCUT2D eigenvalue weighted by Crippen LogP contribution is -2.31. The molecule has 2 aromatic carbocycles. The molecule has 1 fully saturated rings. The largest absolute Gasteiger partial charge is 0.376 e. The van der Waals surface area contributed by atoms with Gasteiger partial charge in [-0.05, 0) is 42.7 Å². The summed E-state index contributed by atoms with van der Waals surface area (Å²) in [7, 11) is 0. The number of anilines is 1. The van der Waals surface area contributed by atoms with Gasteiger partial charge in [0.15, 0.2) is 0 Å². The monoisotopic (exact) mass is 388 g/mol. The molecule has 1 aliphatic heterocycles. The minimum Gasteiger partial charge on any atom is -0.376 e. The van der Waals surface area contributed by atoms with Crippen molar-refractivity contribution in [2.24, 2.45) is 0 Å². The summed E-state index contributed by atoms with van der Waals surface area (Å²) in [6.07, 6.45) is 2.22. The van der Waals surface area contributed by atoms with E-state index in [1.165, 1.54) is 5.56 Å². The van der Waals surface area contributed by atoms with E-state index in [9.17, 15) is 4.79 Å². The zero-order valence-electron chi connectivity index (χ0n) is 16.2. The van der Waals surface area contributed by atoms with Crippen LogP contribution >= 0.6 is 0 Å². The molecule has 1 aromatic heterocycles. The van der Waals surface area contributed by atoms with Gasteiger partial charge in [0.25, 0.3) is 5.91 Å². The average molecular weight is 388 g/mol. The predicted molar refractivity (Wildman–Crippen MR) is 113 cm³/mol. The van der Waals surface area contributed by atoms with E-state index >= 15 is 0 Å². The maximum Gasteiger partial charge on any atom is 0.251 e. The number of hydrogen-bond acceptors (Lipinski definition) is 5. The van der Waals surface area contributed by atoms with Crippen LogP contribution in [0.2, 0.25) is 0 Å². The molecule has 0 unspecified atom stereocenters. The molecule has 1 amide bonds. The SMILES string of the molecule is O=C(NC[C@@H]1CCCO1)c1ccc(-c2ccc(NCc3ccccc3)nn2)cc1. The van der Waals surface area contributed by atoms with Gasteiger partial charge in [-0.25, -0.2) is 0 Å². The van der Waals surface area contributed by atoms with Gasteiger partial charge in [0.2, 0.25) is 0 Å². The molecule has 1 saturated heterocycles. The second-order valence-corrected chi connectivity index (χ2v) is 7.07. The molecule has 3 aromatic rings. The van der Waals surface area contributed by atoms with Gasteiger partial charge in [-0.3, -0.25) is 4.79 Å². The van der Waals surface area contributed by atoms with Crippen molar-refractivity contribution in [3.63, 3.8) is 0 Å². The van der Waals surface area contributed by atoms with Gasteiger partial charge in [-0.15, -0.1) is 10.2 Å². The molecule has 0 radical (unpaired) electrons. The molecule has 6 heteroatoms. The van der Waals surface area contributed by atoms with Crippen LogP contribution in [-0.4, -0.2) is 35.4 Å². The number of carbonyl (C=O) groups is 1. The zero-order chi connectivity index (χ0) is 19.9. The molecule has 2 N–H and O–H groups in total. The Morgan fingerprint density at radius 2 is 1.83 bits per heavy atom. The van der Waals surface area contributed by atoms with E-state index in [-0.39, 0.29) is 12.0 Å². The molecular weight excluding hydrogens is 364 g/mol. The maximum absolute atomic E-state index is 12.3. The van der Waals surface area contributed by atoms with E-state index in [0.29, 0.717) is 18.7 Å².